The van der Waals surface area contributed by atoms with Gasteiger partial charge in [0.15, 0.2) is 11.4 Å². The highest BCUT2D eigenvalue weighted by atomic mass is 16.3. The number of nitrogens with two attached hydrogens (primary N) is 1. The molecule has 0 bridgehead atoms. The lowest BCUT2D eigenvalue weighted by atomic mass is 9.46. The van der Waals surface area contributed by atoms with Crippen molar-refractivity contribution in [2.75, 3.05) is 19.4 Å². The predicted octanol–water partition coefficient (Wildman–Crippen LogP) is 0.720. The average molecular weight is 552 g/mol. The first kappa shape index (κ1) is 27.1. The number of hydrogen-bond acceptors (Lipinski definition) is 10. The van der Waals surface area contributed by atoms with E-state index in [0.29, 0.717) is 5.56 Å². The summed E-state index contributed by atoms with van der Waals surface area (Å²) in [7, 11) is 3.08. The first-order chi connectivity index (χ1) is 18.6. The van der Waals surface area contributed by atoms with Gasteiger partial charge in [-0.3, -0.25) is 29.2 Å². The Morgan fingerprint density at radius 1 is 1.15 bits per heavy atom. The van der Waals surface area contributed by atoms with Crippen LogP contribution >= 0.6 is 0 Å². The number of aromatic amines is 1. The van der Waals surface area contributed by atoms with Crippen LogP contribution in [0.5, 0.6) is 5.75 Å². The zero-order valence-corrected chi connectivity index (χ0v) is 22.2. The number of aliphatic hydroxyl groups is 3. The maximum Gasteiger partial charge on any atom is 0.273 e. The number of ketones is 2. The fourth-order valence-electron chi connectivity index (χ4n) is 6.99. The third-order valence-corrected chi connectivity index (χ3v) is 8.50. The van der Waals surface area contributed by atoms with Crippen molar-refractivity contribution in [3.8, 4) is 5.75 Å². The molecule has 0 unspecified atom stereocenters. The predicted molar refractivity (Wildman–Crippen MR) is 140 cm³/mol. The van der Waals surface area contributed by atoms with E-state index in [1.54, 1.807) is 13.0 Å². The molecule has 1 saturated carbocycles. The lowest BCUT2D eigenvalue weighted by Gasteiger charge is -2.59. The number of Topliss-reactive ketones (excluding diaryl/α,β-unsaturated/α-hetero) is 2. The Labute approximate surface area is 228 Å². The van der Waals surface area contributed by atoms with Gasteiger partial charge in [0.05, 0.1) is 17.3 Å². The summed E-state index contributed by atoms with van der Waals surface area (Å²) in [6, 6.07) is 3.23. The van der Waals surface area contributed by atoms with E-state index < -0.39 is 68.7 Å². The van der Waals surface area contributed by atoms with Gasteiger partial charge in [-0.25, -0.2) is 0 Å². The minimum Gasteiger partial charge on any atom is -0.508 e. The van der Waals surface area contributed by atoms with Gasteiger partial charge in [0.2, 0.25) is 5.78 Å². The number of fused-ring (bicyclic) bond motifs is 3. The quantitative estimate of drug-likeness (QED) is 0.208. The standard InChI is InChI=1S/C27H29N5O8/c1-25-9-11-5-6-12(30-24(39)13-7-8-29-31-13)17(33)14(11)18(34)16(25)22(37)27(40)21(36)15(23(28)38)19(35)20(32(3)4)26(27,2)10-25/h5-8,20,33-34,36,40H,9-10H2,1-4H3,(H2,28,38)(H,29,31)(H,30,39)/t20-,25+,26+,27-/m1/s1. The van der Waals surface area contributed by atoms with Crippen LogP contribution in [-0.2, 0) is 20.8 Å². The number of anilines is 1. The topological polar surface area (TPSA) is 219 Å². The van der Waals surface area contributed by atoms with Gasteiger partial charge in [-0.15, -0.1) is 0 Å². The van der Waals surface area contributed by atoms with Crippen LogP contribution in [0.25, 0.3) is 5.76 Å². The van der Waals surface area contributed by atoms with Gasteiger partial charge >= 0.3 is 0 Å². The highest BCUT2D eigenvalue weighted by Gasteiger charge is 2.72. The number of aromatic nitrogens is 2. The molecule has 8 N–H and O–H groups in total. The van der Waals surface area contributed by atoms with E-state index in [4.69, 9.17) is 5.73 Å². The average Bonchev–Trinajstić information content (AvgIpc) is 3.38. The summed E-state index contributed by atoms with van der Waals surface area (Å²) >= 11 is 0. The molecule has 0 radical (unpaired) electrons. The maximum absolute atomic E-state index is 14.2. The van der Waals surface area contributed by atoms with Crippen LogP contribution in [0.3, 0.4) is 0 Å². The molecule has 1 fully saturated rings. The van der Waals surface area contributed by atoms with Crippen molar-refractivity contribution in [3.05, 3.63) is 58.1 Å². The molecule has 0 aliphatic heterocycles. The Kier molecular flexibility index (Phi) is 5.76. The van der Waals surface area contributed by atoms with E-state index in [2.05, 4.69) is 15.5 Å². The van der Waals surface area contributed by atoms with Crippen molar-refractivity contribution in [2.24, 2.45) is 16.6 Å². The molecule has 3 aliphatic carbocycles. The molecule has 210 valence electrons. The Morgan fingerprint density at radius 3 is 2.40 bits per heavy atom. The third-order valence-electron chi connectivity index (χ3n) is 8.50. The van der Waals surface area contributed by atoms with Gasteiger partial charge < -0.3 is 31.5 Å². The lowest BCUT2D eigenvalue weighted by molar-refractivity contribution is -0.176. The van der Waals surface area contributed by atoms with E-state index in [1.165, 1.54) is 44.2 Å². The van der Waals surface area contributed by atoms with Crippen LogP contribution < -0.4 is 11.1 Å². The van der Waals surface area contributed by atoms with Crippen LogP contribution in [-0.4, -0.2) is 84.6 Å². The number of H-pyrrole nitrogens is 1. The van der Waals surface area contributed by atoms with Gasteiger partial charge in [-0.2, -0.15) is 5.10 Å². The molecule has 1 heterocycles. The van der Waals surface area contributed by atoms with E-state index in [0.717, 1.165) is 0 Å². The van der Waals surface area contributed by atoms with Gasteiger partial charge in [0, 0.05) is 22.6 Å². The number of nitrogens with one attached hydrogen (secondary N) is 2. The molecule has 5 rings (SSSR count). The second-order valence-corrected chi connectivity index (χ2v) is 11.3. The Bertz CT molecular complexity index is 1580. The van der Waals surface area contributed by atoms with Crippen molar-refractivity contribution in [3.63, 3.8) is 0 Å². The van der Waals surface area contributed by atoms with Crippen LogP contribution in [0, 0.1) is 10.8 Å². The van der Waals surface area contributed by atoms with Gasteiger partial charge in [-0.05, 0) is 44.6 Å². The van der Waals surface area contributed by atoms with Crippen molar-refractivity contribution >= 4 is 34.8 Å². The van der Waals surface area contributed by atoms with Crippen LogP contribution in [0.1, 0.15) is 41.9 Å². The molecular weight excluding hydrogens is 522 g/mol. The first-order valence-electron chi connectivity index (χ1n) is 12.4. The minimum atomic E-state index is -2.80. The molecule has 13 heteroatoms. The molecule has 0 spiro atoms. The van der Waals surface area contributed by atoms with E-state index in [-0.39, 0.29) is 35.4 Å². The number of likely N-dealkylation sites (N-methyl/N-ethyl adjacent to an activating group) is 1. The molecule has 0 saturated heterocycles. The molecule has 3 aliphatic rings. The number of rotatable bonds is 4. The second kappa shape index (κ2) is 8.50. The van der Waals surface area contributed by atoms with Gasteiger partial charge in [0.25, 0.3) is 11.8 Å². The van der Waals surface area contributed by atoms with E-state index in [9.17, 15) is 39.6 Å². The summed E-state index contributed by atoms with van der Waals surface area (Å²) in [4.78, 5) is 53.8. The summed E-state index contributed by atoms with van der Waals surface area (Å²) in [5.74, 6) is -6.24. The molecule has 1 aromatic heterocycles. The molecule has 40 heavy (non-hydrogen) atoms. The normalized spacial score (nSPS) is 29.7. The number of amides is 2. The summed E-state index contributed by atoms with van der Waals surface area (Å²) in [6.07, 6.45) is 1.40. The maximum atomic E-state index is 14.2. The minimum absolute atomic E-state index is 0.0596. The van der Waals surface area contributed by atoms with Crippen LogP contribution in [0.2, 0.25) is 0 Å². The van der Waals surface area contributed by atoms with Gasteiger partial charge in [-0.1, -0.05) is 19.9 Å². The number of primary amides is 1. The smallest absolute Gasteiger partial charge is 0.273 e. The Morgan fingerprint density at radius 2 is 1.82 bits per heavy atom. The van der Waals surface area contributed by atoms with Crippen molar-refractivity contribution in [1.29, 1.82) is 0 Å². The van der Waals surface area contributed by atoms with E-state index in [1.807, 2.05) is 0 Å². The number of phenols is 1. The van der Waals surface area contributed by atoms with Crippen molar-refractivity contribution in [2.45, 2.75) is 38.3 Å². The number of aliphatic hydroxyl groups excluding tert-OH is 2. The third kappa shape index (κ3) is 3.31. The highest BCUT2D eigenvalue weighted by molar-refractivity contribution is 6.25. The molecule has 13 nitrogen and oxygen atoms in total. The molecular formula is C27H29N5O8. The van der Waals surface area contributed by atoms with Crippen LogP contribution in [0.4, 0.5) is 5.69 Å². The Balaban J connectivity index is 1.71. The number of carbonyl (C=O) groups excluding carboxylic acids is 4. The monoisotopic (exact) mass is 551 g/mol. The summed E-state index contributed by atoms with van der Waals surface area (Å²) in [5, 5.41) is 54.4. The van der Waals surface area contributed by atoms with E-state index >= 15 is 0 Å². The second-order valence-electron chi connectivity index (χ2n) is 11.3. The Hall–Kier alpha value is -4.49. The number of hydrogen-bond donors (Lipinski definition) is 7. The zero-order valence-electron chi connectivity index (χ0n) is 22.2. The summed E-state index contributed by atoms with van der Waals surface area (Å²) < 4.78 is 0. The van der Waals surface area contributed by atoms with Crippen LogP contribution in [0.15, 0.2) is 41.3 Å². The number of aromatic hydroxyl groups is 1. The lowest BCUT2D eigenvalue weighted by Crippen LogP contribution is -2.72. The highest BCUT2D eigenvalue weighted by Crippen LogP contribution is 2.63. The fourth-order valence-corrected chi connectivity index (χ4v) is 6.99. The fraction of sp³-hybridized carbons (Fsp3) is 0.370. The largest absolute Gasteiger partial charge is 0.508 e. The number of nitrogens with zero attached hydrogens (tertiary/aromatic N) is 2. The number of phenolic OH excluding ortho intramolecular Hbond substituents is 1. The number of carbonyl (C=O) groups is 4. The molecule has 4 atom stereocenters. The summed E-state index contributed by atoms with van der Waals surface area (Å²) in [6.45, 7) is 3.15. The van der Waals surface area contributed by atoms with Gasteiger partial charge in [0.1, 0.15) is 28.5 Å². The summed E-state index contributed by atoms with van der Waals surface area (Å²) in [5.41, 5.74) is -1.05. The zero-order chi connectivity index (χ0) is 29.5. The van der Waals surface area contributed by atoms with Crippen molar-refractivity contribution < 1.29 is 39.6 Å². The van der Waals surface area contributed by atoms with Crippen molar-refractivity contribution in [1.82, 2.24) is 15.1 Å². The molecule has 1 aromatic carbocycles. The molecule has 2 amide bonds. The first-order valence-corrected chi connectivity index (χ1v) is 12.4. The SMILES string of the molecule is CN(C)[C@@H]1C(=O)C(C(N)=O)=C(O)[C@@]2(O)C(=O)C3=C(O)c4c(ccc(NC(=O)c5ccn[nH]5)c4O)C[C@@]3(C)C[C@@]12C. The molecule has 2 aromatic rings. The number of benzene rings is 1.